The second-order valence-electron chi connectivity index (χ2n) is 9.13. The minimum Gasteiger partial charge on any atom is -0.357 e. The number of hydrogen-bond donors (Lipinski definition) is 1. The minimum absolute atomic E-state index is 0.0175. The molecular weight excluding hydrogens is 462 g/mol. The number of hydrogen-bond acceptors (Lipinski definition) is 8. The number of urea groups is 1. The monoisotopic (exact) mass is 486 g/mol. The largest absolute Gasteiger partial charge is 0.502 e. The van der Waals surface area contributed by atoms with Crippen LogP contribution in [-0.4, -0.2) is 56.6 Å². The van der Waals surface area contributed by atoms with Crippen molar-refractivity contribution in [2.75, 3.05) is 0 Å². The van der Waals surface area contributed by atoms with Crippen molar-refractivity contribution in [2.45, 2.75) is 57.5 Å². The molecule has 12 heteroatoms. The van der Waals surface area contributed by atoms with Gasteiger partial charge in [0.15, 0.2) is 24.6 Å². The lowest BCUT2D eigenvalue weighted by Crippen LogP contribution is -2.51. The zero-order chi connectivity index (χ0) is 24.3. The van der Waals surface area contributed by atoms with E-state index in [-0.39, 0.29) is 18.7 Å². The van der Waals surface area contributed by atoms with Crippen molar-refractivity contribution in [3.63, 3.8) is 0 Å². The van der Waals surface area contributed by atoms with E-state index in [2.05, 4.69) is 15.0 Å². The van der Waals surface area contributed by atoms with Gasteiger partial charge in [0.05, 0.1) is 11.4 Å². The van der Waals surface area contributed by atoms with Gasteiger partial charge in [-0.1, -0.05) is 16.4 Å². The standard InChI is InChI=1S/C22H24N5O6S/c1-13-8-15(32-23-13)11-26-19-5-4-17(34(30,31)25-22(3)6-7-22)10-18(19)20(28)27(21(26)29)12-16-9-14(2)24-33-16/h4-5,8-10,17,25H,6-7,11-12H2,1-3H3/q+1. The number of carbonyl (C=O) groups excluding carboxylic acids is 2. The molecule has 1 saturated carbocycles. The van der Waals surface area contributed by atoms with Gasteiger partial charge in [0.2, 0.25) is 10.0 Å². The molecule has 11 nitrogen and oxygen atoms in total. The lowest BCUT2D eigenvalue weighted by atomic mass is 9.99. The van der Waals surface area contributed by atoms with Crippen LogP contribution in [0.25, 0.3) is 0 Å². The molecule has 3 amide bonds. The number of imide groups is 1. The summed E-state index contributed by atoms with van der Waals surface area (Å²) < 4.78 is 40.5. The van der Waals surface area contributed by atoms with Crippen molar-refractivity contribution in [3.05, 3.63) is 58.8 Å². The highest BCUT2D eigenvalue weighted by Gasteiger charge is 2.48. The van der Waals surface area contributed by atoms with Crippen LogP contribution in [0.2, 0.25) is 0 Å². The van der Waals surface area contributed by atoms with Crippen LogP contribution in [0.5, 0.6) is 0 Å². The molecule has 5 rings (SSSR count). The van der Waals surface area contributed by atoms with Crippen LogP contribution in [0.1, 0.15) is 42.7 Å². The number of carbonyl (C=O) groups is 2. The summed E-state index contributed by atoms with van der Waals surface area (Å²) in [6.45, 7) is 5.20. The molecule has 1 unspecified atom stereocenters. The number of aromatic nitrogens is 2. The Morgan fingerprint density at radius 2 is 1.79 bits per heavy atom. The van der Waals surface area contributed by atoms with Gasteiger partial charge < -0.3 is 9.05 Å². The summed E-state index contributed by atoms with van der Waals surface area (Å²) in [6.07, 6.45) is 5.89. The molecule has 178 valence electrons. The van der Waals surface area contributed by atoms with Gasteiger partial charge in [-0.05, 0) is 45.8 Å². The number of nitrogens with one attached hydrogen (secondary N) is 1. The summed E-state index contributed by atoms with van der Waals surface area (Å²) in [7, 11) is -3.77. The predicted molar refractivity (Wildman–Crippen MR) is 118 cm³/mol. The van der Waals surface area contributed by atoms with Gasteiger partial charge in [0, 0.05) is 17.7 Å². The Labute approximate surface area is 195 Å². The van der Waals surface area contributed by atoms with E-state index in [0.717, 1.165) is 17.7 Å². The van der Waals surface area contributed by atoms with Gasteiger partial charge >= 0.3 is 11.9 Å². The van der Waals surface area contributed by atoms with Gasteiger partial charge in [-0.2, -0.15) is 9.37 Å². The van der Waals surface area contributed by atoms with E-state index in [0.29, 0.717) is 28.6 Å². The fourth-order valence-electron chi connectivity index (χ4n) is 3.96. The SMILES string of the molecule is Cc1cc(CN2C(=O)C3=CC(S(=O)(=O)NC4(C)CC4)C=CC3=[N+](Cc3cc(C)no3)C2=O)on1. The average Bonchev–Trinajstić information content (AvgIpc) is 3.14. The highest BCUT2D eigenvalue weighted by atomic mass is 32.2. The predicted octanol–water partition coefficient (Wildman–Crippen LogP) is 1.73. The number of fused-ring (bicyclic) bond motifs is 1. The molecule has 3 aliphatic rings. The molecule has 1 atom stereocenters. The average molecular weight is 487 g/mol. The van der Waals surface area contributed by atoms with Gasteiger partial charge in [0.1, 0.15) is 16.5 Å². The number of sulfonamides is 1. The fourth-order valence-corrected chi connectivity index (χ4v) is 5.59. The first-order chi connectivity index (χ1) is 16.0. The summed E-state index contributed by atoms with van der Waals surface area (Å²) in [5, 5.41) is 6.61. The molecule has 1 aliphatic heterocycles. The van der Waals surface area contributed by atoms with Crippen LogP contribution in [0, 0.1) is 13.8 Å². The molecule has 2 aromatic rings. The third-order valence-electron chi connectivity index (χ3n) is 6.01. The first-order valence-electron chi connectivity index (χ1n) is 10.8. The summed E-state index contributed by atoms with van der Waals surface area (Å²) in [6, 6.07) is 2.74. The number of allylic oxidation sites excluding steroid dienone is 1. The van der Waals surface area contributed by atoms with E-state index in [4.69, 9.17) is 9.05 Å². The Balaban J connectivity index is 1.54. The van der Waals surface area contributed by atoms with E-state index < -0.39 is 32.8 Å². The third kappa shape index (κ3) is 4.14. The van der Waals surface area contributed by atoms with Crippen LogP contribution in [0.15, 0.2) is 45.0 Å². The molecule has 0 aromatic carbocycles. The minimum atomic E-state index is -3.77. The van der Waals surface area contributed by atoms with E-state index in [9.17, 15) is 18.0 Å². The quantitative estimate of drug-likeness (QED) is 0.584. The van der Waals surface area contributed by atoms with Gasteiger partial charge in [-0.3, -0.25) is 0 Å². The van der Waals surface area contributed by atoms with E-state index in [1.54, 1.807) is 26.0 Å². The maximum atomic E-state index is 13.4. The van der Waals surface area contributed by atoms with Crippen LogP contribution in [-0.2, 0) is 27.9 Å². The van der Waals surface area contributed by atoms with E-state index in [1.165, 1.54) is 22.8 Å². The third-order valence-corrected chi connectivity index (χ3v) is 7.79. The smallest absolute Gasteiger partial charge is 0.357 e. The first kappa shape index (κ1) is 22.4. The number of amides is 3. The molecule has 0 saturated heterocycles. The Kier molecular flexibility index (Phi) is 5.17. The van der Waals surface area contributed by atoms with E-state index in [1.807, 2.05) is 6.92 Å². The van der Waals surface area contributed by atoms with Gasteiger partial charge in [-0.25, -0.2) is 17.9 Å². The molecule has 0 bridgehead atoms. The molecule has 3 heterocycles. The Hall–Kier alpha value is -3.38. The molecule has 34 heavy (non-hydrogen) atoms. The summed E-state index contributed by atoms with van der Waals surface area (Å²) in [5.74, 6) is 0.146. The van der Waals surface area contributed by atoms with Gasteiger partial charge in [0.25, 0.3) is 0 Å². The second-order valence-corrected chi connectivity index (χ2v) is 11.0. The van der Waals surface area contributed by atoms with Gasteiger partial charge in [-0.15, -0.1) is 4.90 Å². The lowest BCUT2D eigenvalue weighted by Gasteiger charge is -2.25. The molecule has 2 aromatic heterocycles. The Bertz CT molecular complexity index is 1390. The van der Waals surface area contributed by atoms with Crippen molar-refractivity contribution < 1.29 is 31.6 Å². The summed E-state index contributed by atoms with van der Waals surface area (Å²) in [5.41, 5.74) is 1.23. The van der Waals surface area contributed by atoms with Crippen molar-refractivity contribution in [1.29, 1.82) is 0 Å². The topological polar surface area (TPSA) is 139 Å². The molecule has 0 spiro atoms. The van der Waals surface area contributed by atoms with Crippen molar-refractivity contribution in [1.82, 2.24) is 19.9 Å². The zero-order valence-corrected chi connectivity index (χ0v) is 19.8. The fraction of sp³-hybridized carbons (Fsp3) is 0.409. The van der Waals surface area contributed by atoms with Crippen molar-refractivity contribution in [3.8, 4) is 0 Å². The maximum absolute atomic E-state index is 13.4. The van der Waals surface area contributed by atoms with Crippen LogP contribution < -0.4 is 4.72 Å². The second kappa shape index (κ2) is 7.84. The van der Waals surface area contributed by atoms with Crippen LogP contribution in [0.4, 0.5) is 4.79 Å². The normalized spacial score (nSPS) is 21.7. The number of aryl methyl sites for hydroxylation is 2. The highest BCUT2D eigenvalue weighted by molar-refractivity contribution is 7.90. The molecule has 1 N–H and O–H groups in total. The summed E-state index contributed by atoms with van der Waals surface area (Å²) >= 11 is 0. The molecular formula is C22H24N5O6S+. The number of rotatable bonds is 7. The first-order valence-corrected chi connectivity index (χ1v) is 12.4. The zero-order valence-electron chi connectivity index (χ0n) is 18.9. The maximum Gasteiger partial charge on any atom is 0.502 e. The summed E-state index contributed by atoms with van der Waals surface area (Å²) in [4.78, 5) is 27.8. The van der Waals surface area contributed by atoms with Crippen molar-refractivity contribution in [2.24, 2.45) is 0 Å². The number of nitrogens with zero attached hydrogens (tertiary/aromatic N) is 4. The van der Waals surface area contributed by atoms with Crippen LogP contribution >= 0.6 is 0 Å². The Morgan fingerprint density at radius 3 is 2.38 bits per heavy atom. The molecule has 0 radical (unpaired) electrons. The molecule has 1 fully saturated rings. The van der Waals surface area contributed by atoms with Crippen molar-refractivity contribution >= 4 is 27.7 Å². The molecule has 2 aliphatic carbocycles. The van der Waals surface area contributed by atoms with Crippen LogP contribution in [0.3, 0.4) is 0 Å². The highest BCUT2D eigenvalue weighted by Crippen LogP contribution is 2.36. The lowest BCUT2D eigenvalue weighted by molar-refractivity contribution is -0.456. The Morgan fingerprint density at radius 1 is 1.15 bits per heavy atom. The van der Waals surface area contributed by atoms with E-state index >= 15 is 0 Å².